The van der Waals surface area contributed by atoms with Gasteiger partial charge in [0.1, 0.15) is 5.84 Å². The molecule has 0 bridgehead atoms. The normalized spacial score (nSPS) is 28.8. The van der Waals surface area contributed by atoms with Gasteiger partial charge in [-0.1, -0.05) is 61.4 Å². The van der Waals surface area contributed by atoms with Gasteiger partial charge in [0.2, 0.25) is 0 Å². The molecule has 4 N–H and O–H groups in total. The highest BCUT2D eigenvalue weighted by molar-refractivity contribution is 6.30. The third-order valence-corrected chi connectivity index (χ3v) is 5.22. The van der Waals surface area contributed by atoms with Crippen molar-refractivity contribution < 1.29 is 5.21 Å². The van der Waals surface area contributed by atoms with E-state index in [0.29, 0.717) is 13.1 Å². The Morgan fingerprint density at radius 1 is 1.23 bits per heavy atom. The summed E-state index contributed by atoms with van der Waals surface area (Å²) in [6, 6.07) is 8.21. The standard InChI is InChI=1S/C20H27ClN4O/c1-2-10-20(11-12-23-26)19(22-14-15-6-5-7-16(21)13-15)24-17-8-3-4-9-18(17)25-20/h3-9,13,17-18,23,25-26H,2,10-12,14H2,1H3,(H,22,24). The Balaban J connectivity index is 1.89. The van der Waals surface area contributed by atoms with E-state index < -0.39 is 0 Å². The molecule has 26 heavy (non-hydrogen) atoms. The van der Waals surface area contributed by atoms with Crippen LogP contribution in [0, 0.1) is 0 Å². The molecule has 6 heteroatoms. The van der Waals surface area contributed by atoms with Gasteiger partial charge in [-0.05, 0) is 30.5 Å². The third-order valence-electron chi connectivity index (χ3n) is 4.98. The van der Waals surface area contributed by atoms with Crippen LogP contribution >= 0.6 is 11.6 Å². The highest BCUT2D eigenvalue weighted by Crippen LogP contribution is 2.27. The molecule has 0 amide bonds. The number of aliphatic imine (C=N–C) groups is 1. The van der Waals surface area contributed by atoms with Crippen LogP contribution in [-0.2, 0) is 6.54 Å². The van der Waals surface area contributed by atoms with E-state index in [9.17, 15) is 0 Å². The average Bonchev–Trinajstić information content (AvgIpc) is 2.65. The summed E-state index contributed by atoms with van der Waals surface area (Å²) in [5.41, 5.74) is 3.09. The maximum atomic E-state index is 9.16. The van der Waals surface area contributed by atoms with Gasteiger partial charge in [0.25, 0.3) is 0 Å². The van der Waals surface area contributed by atoms with E-state index in [4.69, 9.17) is 21.8 Å². The second-order valence-electron chi connectivity index (χ2n) is 6.90. The molecule has 140 valence electrons. The van der Waals surface area contributed by atoms with E-state index in [2.05, 4.69) is 47.3 Å². The van der Waals surface area contributed by atoms with Gasteiger partial charge >= 0.3 is 0 Å². The van der Waals surface area contributed by atoms with E-state index in [1.807, 2.05) is 24.3 Å². The van der Waals surface area contributed by atoms with Crippen molar-refractivity contribution in [3.63, 3.8) is 0 Å². The van der Waals surface area contributed by atoms with Crippen molar-refractivity contribution in [3.8, 4) is 0 Å². The number of amidine groups is 1. The zero-order valence-corrected chi connectivity index (χ0v) is 15.8. The zero-order valence-electron chi connectivity index (χ0n) is 15.1. The molecular weight excluding hydrogens is 348 g/mol. The fourth-order valence-electron chi connectivity index (χ4n) is 3.77. The molecule has 0 aromatic heterocycles. The van der Waals surface area contributed by atoms with Gasteiger partial charge in [-0.15, -0.1) is 0 Å². The molecule has 0 saturated carbocycles. The summed E-state index contributed by atoms with van der Waals surface area (Å²) in [6.07, 6.45) is 11.2. The molecule has 1 aromatic carbocycles. The quantitative estimate of drug-likeness (QED) is 0.553. The molecule has 1 aliphatic carbocycles. The molecule has 1 saturated heterocycles. The van der Waals surface area contributed by atoms with Gasteiger partial charge in [0.15, 0.2) is 0 Å². The Labute approximate surface area is 160 Å². The van der Waals surface area contributed by atoms with Crippen LogP contribution in [0.3, 0.4) is 0 Å². The number of fused-ring (bicyclic) bond motifs is 1. The van der Waals surface area contributed by atoms with Crippen molar-refractivity contribution in [3.05, 3.63) is 59.2 Å². The first-order chi connectivity index (χ1) is 12.7. The summed E-state index contributed by atoms with van der Waals surface area (Å²) >= 11 is 6.10. The lowest BCUT2D eigenvalue weighted by Crippen LogP contribution is -2.70. The van der Waals surface area contributed by atoms with Gasteiger partial charge < -0.3 is 10.5 Å². The topological polar surface area (TPSA) is 68.7 Å². The number of hydrogen-bond donors (Lipinski definition) is 4. The van der Waals surface area contributed by atoms with E-state index in [-0.39, 0.29) is 17.6 Å². The van der Waals surface area contributed by atoms with Crippen LogP contribution < -0.4 is 16.1 Å². The Hall–Kier alpha value is -1.66. The molecule has 1 aliphatic heterocycles. The minimum Gasteiger partial charge on any atom is -0.364 e. The highest BCUT2D eigenvalue weighted by Gasteiger charge is 2.43. The molecule has 0 spiro atoms. The Bertz CT molecular complexity index is 703. The van der Waals surface area contributed by atoms with Gasteiger partial charge in [0, 0.05) is 11.6 Å². The number of nitrogens with one attached hydrogen (secondary N) is 3. The van der Waals surface area contributed by atoms with Crippen molar-refractivity contribution in [1.29, 1.82) is 0 Å². The first-order valence-electron chi connectivity index (χ1n) is 9.22. The molecule has 3 atom stereocenters. The van der Waals surface area contributed by atoms with Gasteiger partial charge in [-0.2, -0.15) is 0 Å². The number of piperazine rings is 1. The fraction of sp³-hybridized carbons (Fsp3) is 0.450. The summed E-state index contributed by atoms with van der Waals surface area (Å²) in [5, 5.41) is 17.3. The first kappa shape index (κ1) is 19.1. The molecule has 1 aromatic rings. The van der Waals surface area contributed by atoms with Crippen molar-refractivity contribution in [2.45, 2.75) is 50.4 Å². The molecule has 2 aliphatic rings. The van der Waals surface area contributed by atoms with Gasteiger partial charge in [-0.25, -0.2) is 5.48 Å². The van der Waals surface area contributed by atoms with Gasteiger partial charge in [0.05, 0.1) is 24.2 Å². The number of benzene rings is 1. The molecule has 3 unspecified atom stereocenters. The largest absolute Gasteiger partial charge is 0.364 e. The third kappa shape index (κ3) is 4.35. The van der Waals surface area contributed by atoms with Crippen LogP contribution in [0.25, 0.3) is 0 Å². The first-order valence-corrected chi connectivity index (χ1v) is 9.60. The van der Waals surface area contributed by atoms with Crippen LogP contribution in [0.4, 0.5) is 0 Å². The van der Waals surface area contributed by atoms with Crippen molar-refractivity contribution in [1.82, 2.24) is 16.1 Å². The SMILES string of the molecule is CCCC1(CCNO)NC2C=CC=CC2NC1=NCc1cccc(Cl)c1. The monoisotopic (exact) mass is 374 g/mol. The summed E-state index contributed by atoms with van der Waals surface area (Å²) in [4.78, 5) is 4.93. The predicted molar refractivity (Wildman–Crippen MR) is 107 cm³/mol. The average molecular weight is 375 g/mol. The number of nitrogens with zero attached hydrogens (tertiary/aromatic N) is 1. The number of allylic oxidation sites excluding steroid dienone is 2. The summed E-state index contributed by atoms with van der Waals surface area (Å²) in [5.74, 6) is 0.954. The van der Waals surface area contributed by atoms with Gasteiger partial charge in [-0.3, -0.25) is 10.3 Å². The van der Waals surface area contributed by atoms with Crippen LogP contribution in [0.1, 0.15) is 31.7 Å². The lowest BCUT2D eigenvalue weighted by Gasteiger charge is -2.47. The van der Waals surface area contributed by atoms with Crippen LogP contribution in [0.15, 0.2) is 53.6 Å². The van der Waals surface area contributed by atoms with E-state index >= 15 is 0 Å². The minimum absolute atomic E-state index is 0.185. The van der Waals surface area contributed by atoms with E-state index in [1.54, 1.807) is 0 Å². The Morgan fingerprint density at radius 2 is 2.04 bits per heavy atom. The zero-order chi connectivity index (χ0) is 18.4. The Kier molecular flexibility index (Phi) is 6.48. The molecule has 1 fully saturated rings. The summed E-state index contributed by atoms with van der Waals surface area (Å²) in [7, 11) is 0. The molecule has 0 radical (unpaired) electrons. The molecule has 1 heterocycles. The number of halogens is 1. The maximum absolute atomic E-state index is 9.16. The van der Waals surface area contributed by atoms with E-state index in [1.165, 1.54) is 0 Å². The van der Waals surface area contributed by atoms with Crippen LogP contribution in [0.5, 0.6) is 0 Å². The van der Waals surface area contributed by atoms with E-state index in [0.717, 1.165) is 35.7 Å². The van der Waals surface area contributed by atoms with Crippen molar-refractivity contribution in [2.24, 2.45) is 4.99 Å². The lowest BCUT2D eigenvalue weighted by molar-refractivity contribution is 0.152. The second-order valence-corrected chi connectivity index (χ2v) is 7.33. The number of hydrogen-bond acceptors (Lipinski definition) is 4. The second kappa shape index (κ2) is 8.82. The van der Waals surface area contributed by atoms with Crippen LogP contribution in [0.2, 0.25) is 5.02 Å². The Morgan fingerprint density at radius 3 is 2.77 bits per heavy atom. The van der Waals surface area contributed by atoms with Crippen LogP contribution in [-0.4, -0.2) is 35.2 Å². The van der Waals surface area contributed by atoms with Crippen molar-refractivity contribution >= 4 is 17.4 Å². The fourth-order valence-corrected chi connectivity index (χ4v) is 3.98. The molecular formula is C20H27ClN4O. The smallest absolute Gasteiger partial charge is 0.118 e. The lowest BCUT2D eigenvalue weighted by atomic mass is 9.82. The molecule has 3 rings (SSSR count). The van der Waals surface area contributed by atoms with Crippen molar-refractivity contribution in [2.75, 3.05) is 6.54 Å². The highest BCUT2D eigenvalue weighted by atomic mass is 35.5. The predicted octanol–water partition coefficient (Wildman–Crippen LogP) is 3.20. The minimum atomic E-state index is -0.292. The maximum Gasteiger partial charge on any atom is 0.118 e. The number of rotatable bonds is 7. The number of hydroxylamine groups is 1. The summed E-state index contributed by atoms with van der Waals surface area (Å²) in [6.45, 7) is 3.24. The molecule has 5 nitrogen and oxygen atoms in total. The summed E-state index contributed by atoms with van der Waals surface area (Å²) < 4.78 is 0.